The predicted molar refractivity (Wildman–Crippen MR) is 195 cm³/mol. The van der Waals surface area contributed by atoms with Gasteiger partial charge in [-0.3, -0.25) is 37.3 Å². The van der Waals surface area contributed by atoms with Gasteiger partial charge in [0.05, 0.1) is 32.1 Å². The third kappa shape index (κ3) is 14.9. The molecule has 2 amide bonds. The first-order valence-corrected chi connectivity index (χ1v) is 22.2. The third-order valence-corrected chi connectivity index (χ3v) is 12.1. The zero-order chi connectivity index (χ0) is 43.6. The number of nitrogens with zero attached hydrogens (tertiary/aromatic N) is 4. The van der Waals surface area contributed by atoms with Crippen LogP contribution in [0, 0.1) is 11.3 Å². The number of fused-ring (bicyclic) bond motifs is 1. The van der Waals surface area contributed by atoms with Crippen LogP contribution in [0.2, 0.25) is 0 Å². The first kappa shape index (κ1) is 49.4. The molecule has 31 heteroatoms. The molecule has 12 N–H and O–H groups in total. The molecule has 1 aliphatic rings. The number of ether oxygens (including phenoxy) is 1. The second kappa shape index (κ2) is 21.0. The van der Waals surface area contributed by atoms with Gasteiger partial charge in [-0.15, -0.1) is 0 Å². The Bertz CT molecular complexity index is 1920. The lowest BCUT2D eigenvalue weighted by Gasteiger charge is -2.30. The maximum absolute atomic E-state index is 12.7. The van der Waals surface area contributed by atoms with Gasteiger partial charge in [0.2, 0.25) is 11.8 Å². The molecule has 8 atom stereocenters. The topological polar surface area (TPSA) is 421 Å². The predicted octanol–water partition coefficient (Wildman–Crippen LogP) is -1.86. The number of carbonyl (C=O) groups excluding carboxylic acids is 3. The van der Waals surface area contributed by atoms with Crippen LogP contribution in [0.25, 0.3) is 11.2 Å². The van der Waals surface area contributed by atoms with Gasteiger partial charge in [-0.2, -0.15) is 4.31 Å². The van der Waals surface area contributed by atoms with E-state index in [1.807, 2.05) is 0 Å². The molecule has 0 bridgehead atoms. The van der Waals surface area contributed by atoms with E-state index < -0.39 is 108 Å². The number of rotatable bonds is 24. The van der Waals surface area contributed by atoms with Crippen molar-refractivity contribution in [2.45, 2.75) is 63.8 Å². The number of hydrogen-bond donors (Lipinski definition) is 11. The SMILES string of the molecule is CC(C)(COP(=O)(O)OP(=O)(O)OC[C@H]1O[C@@H](n2cnc3c(N)ncnc32)[C@H](O)[C@@H]1OP(=O)(O)O)[C@@H](O)C(=O)NCCC(=O)NCCSC(=O)C(CO)CCC(=O)O. The summed E-state index contributed by atoms with van der Waals surface area (Å²) >= 11 is 0.802. The van der Waals surface area contributed by atoms with Crippen molar-refractivity contribution in [3.63, 3.8) is 0 Å². The summed E-state index contributed by atoms with van der Waals surface area (Å²) in [4.78, 5) is 98.3. The maximum atomic E-state index is 12.7. The molecule has 0 aromatic carbocycles. The van der Waals surface area contributed by atoms with Crippen molar-refractivity contribution in [1.29, 1.82) is 0 Å². The van der Waals surface area contributed by atoms with Crippen LogP contribution >= 0.6 is 35.2 Å². The largest absolute Gasteiger partial charge is 0.481 e. The second-order valence-corrected chi connectivity index (χ2v) is 18.4. The zero-order valence-corrected chi connectivity index (χ0v) is 34.1. The molecule has 3 unspecified atom stereocenters. The molecule has 328 valence electrons. The lowest BCUT2D eigenvalue weighted by molar-refractivity contribution is -0.138. The summed E-state index contributed by atoms with van der Waals surface area (Å²) in [6.45, 7) is -0.423. The molecule has 0 spiro atoms. The number of aliphatic hydroxyl groups excluding tert-OH is 3. The van der Waals surface area contributed by atoms with Gasteiger partial charge in [0.25, 0.3) is 0 Å². The number of thioether (sulfide) groups is 1. The summed E-state index contributed by atoms with van der Waals surface area (Å²) in [5, 5.41) is 43.8. The molecule has 0 aliphatic carbocycles. The van der Waals surface area contributed by atoms with E-state index in [0.29, 0.717) is 0 Å². The lowest BCUT2D eigenvalue weighted by Crippen LogP contribution is -2.46. The van der Waals surface area contributed by atoms with Gasteiger partial charge >= 0.3 is 29.4 Å². The number of aliphatic hydroxyl groups is 3. The molecule has 3 heterocycles. The fraction of sp³-hybridized carbons (Fsp3) is 0.667. The number of hydrogen-bond acceptors (Lipinski definition) is 20. The Kier molecular flexibility index (Phi) is 17.9. The number of phosphoric acid groups is 3. The number of aliphatic carboxylic acids is 1. The lowest BCUT2D eigenvalue weighted by atomic mass is 9.87. The maximum Gasteiger partial charge on any atom is 0.481 e. The Morgan fingerprint density at radius 3 is 2.34 bits per heavy atom. The number of anilines is 1. The Labute approximate surface area is 332 Å². The van der Waals surface area contributed by atoms with Crippen LogP contribution in [0.4, 0.5) is 5.82 Å². The van der Waals surface area contributed by atoms with Crippen LogP contribution in [-0.4, -0.2) is 145 Å². The van der Waals surface area contributed by atoms with E-state index in [1.165, 1.54) is 13.8 Å². The number of nitrogens with one attached hydrogen (secondary N) is 2. The van der Waals surface area contributed by atoms with Crippen molar-refractivity contribution in [3.05, 3.63) is 12.7 Å². The van der Waals surface area contributed by atoms with Crippen molar-refractivity contribution in [3.8, 4) is 0 Å². The van der Waals surface area contributed by atoms with Crippen molar-refractivity contribution >= 4 is 75.1 Å². The number of phosphoric ester groups is 3. The van der Waals surface area contributed by atoms with Crippen molar-refractivity contribution < 1.29 is 95.5 Å². The minimum atomic E-state index is -5.60. The smallest absolute Gasteiger partial charge is 0.481 e. The number of aromatic nitrogens is 4. The highest BCUT2D eigenvalue weighted by molar-refractivity contribution is 8.13. The van der Waals surface area contributed by atoms with Crippen LogP contribution in [0.15, 0.2) is 12.7 Å². The molecule has 2 aromatic rings. The van der Waals surface area contributed by atoms with E-state index in [2.05, 4.69) is 34.4 Å². The number of amides is 2. The summed E-state index contributed by atoms with van der Waals surface area (Å²) in [5.41, 5.74) is 4.18. The highest BCUT2D eigenvalue weighted by Gasteiger charge is 2.50. The second-order valence-electron chi connectivity index (χ2n) is 13.0. The molecule has 1 saturated heterocycles. The minimum absolute atomic E-state index is 0.0153. The molecule has 2 aromatic heterocycles. The molecule has 27 nitrogen and oxygen atoms in total. The first-order valence-electron chi connectivity index (χ1n) is 16.7. The summed E-state index contributed by atoms with van der Waals surface area (Å²) in [5.74, 6) is -3.49. The van der Waals surface area contributed by atoms with Gasteiger partial charge in [0, 0.05) is 37.1 Å². The van der Waals surface area contributed by atoms with E-state index in [9.17, 15) is 67.8 Å². The average Bonchev–Trinajstić information content (AvgIpc) is 3.68. The minimum Gasteiger partial charge on any atom is -0.481 e. The van der Waals surface area contributed by atoms with E-state index in [1.54, 1.807) is 0 Å². The van der Waals surface area contributed by atoms with E-state index >= 15 is 0 Å². The van der Waals surface area contributed by atoms with Gasteiger partial charge in [-0.1, -0.05) is 25.6 Å². The molecule has 0 radical (unpaired) electrons. The molecular weight excluding hydrogens is 867 g/mol. The van der Waals surface area contributed by atoms with Crippen molar-refractivity contribution in [1.82, 2.24) is 30.2 Å². The van der Waals surface area contributed by atoms with E-state index in [4.69, 9.17) is 24.6 Å². The van der Waals surface area contributed by atoms with Gasteiger partial charge in [-0.05, 0) is 6.42 Å². The molecular formula is C27H44N7O20P3S. The van der Waals surface area contributed by atoms with Crippen LogP contribution < -0.4 is 16.4 Å². The van der Waals surface area contributed by atoms with E-state index in [0.717, 1.165) is 29.0 Å². The van der Waals surface area contributed by atoms with Gasteiger partial charge in [0.1, 0.15) is 36.3 Å². The Morgan fingerprint density at radius 2 is 1.71 bits per heavy atom. The highest BCUT2D eigenvalue weighted by atomic mass is 32.2. The van der Waals surface area contributed by atoms with Crippen LogP contribution in [0.3, 0.4) is 0 Å². The highest BCUT2D eigenvalue weighted by Crippen LogP contribution is 2.61. The quantitative estimate of drug-likeness (QED) is 0.0406. The molecule has 1 aliphatic heterocycles. The number of nitrogen functional groups attached to an aromatic ring is 1. The Balaban J connectivity index is 1.47. The normalized spacial score (nSPS) is 21.8. The van der Waals surface area contributed by atoms with Crippen molar-refractivity contribution in [2.24, 2.45) is 11.3 Å². The number of carboxylic acid groups (broad SMARTS) is 1. The summed E-state index contributed by atoms with van der Waals surface area (Å²) < 4.78 is 62.0. The number of imidazole rings is 1. The molecule has 1 fully saturated rings. The fourth-order valence-electron chi connectivity index (χ4n) is 4.98. The standard InChI is InChI=1S/C27H44N7O20P3S/c1-27(2,21(40)24(41)30-6-5-16(36)29-7-8-58-26(42)14(9-35)3-4-17(37)38)11-51-57(48,49)54-56(46,47)50-10-15-20(53-55(43,44)45)19(39)25(52-15)34-13-33-18-22(28)31-12-32-23(18)34/h12-15,19-21,25,35,39-40H,3-11H2,1-2H3,(H,29,36)(H,30,41)(H,37,38)(H,46,47)(H,48,49)(H2,28,31,32)(H2,43,44,45)/t14?,15-,19-,20-,21+,25-/m1/s1. The summed E-state index contributed by atoms with van der Waals surface area (Å²) in [6.07, 6.45) is -7.50. The summed E-state index contributed by atoms with van der Waals surface area (Å²) in [7, 11) is -16.5. The molecule has 0 saturated carbocycles. The summed E-state index contributed by atoms with van der Waals surface area (Å²) in [6, 6.07) is 0. The number of nitrogens with two attached hydrogens (primary N) is 1. The monoisotopic (exact) mass is 911 g/mol. The Morgan fingerprint density at radius 1 is 1.03 bits per heavy atom. The fourth-order valence-corrected chi connectivity index (χ4v) is 8.64. The van der Waals surface area contributed by atoms with Crippen LogP contribution in [0.1, 0.15) is 39.3 Å². The first-order chi connectivity index (χ1) is 26.9. The van der Waals surface area contributed by atoms with Gasteiger partial charge < -0.3 is 61.1 Å². The number of carboxylic acids is 1. The van der Waals surface area contributed by atoms with E-state index in [-0.39, 0.29) is 55.1 Å². The van der Waals surface area contributed by atoms with Crippen LogP contribution in [0.5, 0.6) is 0 Å². The average molecular weight is 912 g/mol. The number of carbonyl (C=O) groups is 4. The zero-order valence-electron chi connectivity index (χ0n) is 30.6. The van der Waals surface area contributed by atoms with Crippen molar-refractivity contribution in [2.75, 3.05) is 44.4 Å². The van der Waals surface area contributed by atoms with Gasteiger partial charge in [0.15, 0.2) is 22.8 Å². The van der Waals surface area contributed by atoms with Crippen LogP contribution in [-0.2, 0) is 55.5 Å². The molecule has 58 heavy (non-hydrogen) atoms. The molecule has 3 rings (SSSR count). The van der Waals surface area contributed by atoms with Gasteiger partial charge in [-0.25, -0.2) is 28.6 Å². The third-order valence-electron chi connectivity index (χ3n) is 8.01. The Hall–Kier alpha value is -3.01.